The second kappa shape index (κ2) is 7.44. The summed E-state index contributed by atoms with van der Waals surface area (Å²) in [5.41, 5.74) is 8.92. The zero-order chi connectivity index (χ0) is 20.8. The van der Waals surface area contributed by atoms with Gasteiger partial charge in [-0.05, 0) is 67.6 Å². The van der Waals surface area contributed by atoms with Gasteiger partial charge in [0.1, 0.15) is 0 Å². The predicted octanol–water partition coefficient (Wildman–Crippen LogP) is 6.11. The van der Waals surface area contributed by atoms with E-state index in [1.165, 1.54) is 32.7 Å². The SMILES string of the molecule is CC1=Nc2cc(C(=O)N3CCc4ccccc4C3)ccc2Sc2c(C)ccc(C)c21. The number of aryl methyl sites for hydroxylation is 2. The van der Waals surface area contributed by atoms with Crippen molar-refractivity contribution < 1.29 is 4.79 Å². The van der Waals surface area contributed by atoms with Crippen LogP contribution in [0.15, 0.2) is 69.4 Å². The highest BCUT2D eigenvalue weighted by Gasteiger charge is 2.24. The Morgan fingerprint density at radius 3 is 2.57 bits per heavy atom. The maximum atomic E-state index is 13.3. The van der Waals surface area contributed by atoms with Gasteiger partial charge in [0.05, 0.1) is 5.69 Å². The van der Waals surface area contributed by atoms with Crippen molar-refractivity contribution in [3.63, 3.8) is 0 Å². The third-order valence-electron chi connectivity index (χ3n) is 6.05. The maximum Gasteiger partial charge on any atom is 0.254 e. The van der Waals surface area contributed by atoms with Crippen molar-refractivity contribution in [2.75, 3.05) is 6.54 Å². The fraction of sp³-hybridized carbons (Fsp3) is 0.231. The van der Waals surface area contributed by atoms with Gasteiger partial charge in [-0.15, -0.1) is 0 Å². The first-order valence-corrected chi connectivity index (χ1v) is 11.2. The van der Waals surface area contributed by atoms with Gasteiger partial charge in [0.2, 0.25) is 0 Å². The number of fused-ring (bicyclic) bond motifs is 3. The number of carbonyl (C=O) groups is 1. The minimum absolute atomic E-state index is 0.0827. The molecule has 0 bridgehead atoms. The normalized spacial score (nSPS) is 14.9. The first-order chi connectivity index (χ1) is 14.5. The highest BCUT2D eigenvalue weighted by atomic mass is 32.2. The standard InChI is InChI=1S/C26H24N2OS/c1-16-8-9-17(2)25-24(16)18(3)27-22-14-20(10-11-23(22)30-25)26(29)28-13-12-19-6-4-5-7-21(19)15-28/h4-11,14H,12-13,15H2,1-3H3. The molecule has 0 atom stereocenters. The molecule has 3 nitrogen and oxygen atoms in total. The highest BCUT2D eigenvalue weighted by Crippen LogP contribution is 2.43. The number of hydrogen-bond donors (Lipinski definition) is 0. The van der Waals surface area contributed by atoms with E-state index in [2.05, 4.69) is 57.2 Å². The number of rotatable bonds is 1. The number of aliphatic imine (C=N–C) groups is 1. The third-order valence-corrected chi connectivity index (χ3v) is 7.34. The summed E-state index contributed by atoms with van der Waals surface area (Å²) >= 11 is 1.76. The van der Waals surface area contributed by atoms with Crippen LogP contribution >= 0.6 is 11.8 Å². The van der Waals surface area contributed by atoms with E-state index in [9.17, 15) is 4.79 Å². The Morgan fingerprint density at radius 2 is 1.73 bits per heavy atom. The zero-order valence-electron chi connectivity index (χ0n) is 17.5. The monoisotopic (exact) mass is 412 g/mol. The highest BCUT2D eigenvalue weighted by molar-refractivity contribution is 7.99. The van der Waals surface area contributed by atoms with E-state index in [-0.39, 0.29) is 5.91 Å². The number of nitrogens with zero attached hydrogens (tertiary/aromatic N) is 2. The molecule has 4 heteroatoms. The molecule has 1 amide bonds. The predicted molar refractivity (Wildman–Crippen MR) is 123 cm³/mol. The Bertz CT molecular complexity index is 1210. The van der Waals surface area contributed by atoms with Crippen LogP contribution in [0.3, 0.4) is 0 Å². The van der Waals surface area contributed by atoms with E-state index in [1.54, 1.807) is 11.8 Å². The minimum atomic E-state index is 0.0827. The minimum Gasteiger partial charge on any atom is -0.334 e. The molecule has 30 heavy (non-hydrogen) atoms. The Kier molecular flexibility index (Phi) is 4.75. The molecule has 0 unspecified atom stereocenters. The Labute approximate surface area is 181 Å². The van der Waals surface area contributed by atoms with Crippen LogP contribution < -0.4 is 0 Å². The van der Waals surface area contributed by atoms with Gasteiger partial charge in [-0.2, -0.15) is 0 Å². The van der Waals surface area contributed by atoms with E-state index in [0.29, 0.717) is 12.1 Å². The van der Waals surface area contributed by atoms with Crippen molar-refractivity contribution in [1.82, 2.24) is 4.90 Å². The average Bonchev–Trinajstić information content (AvgIpc) is 2.91. The smallest absolute Gasteiger partial charge is 0.254 e. The Balaban J connectivity index is 1.49. The van der Waals surface area contributed by atoms with E-state index in [0.717, 1.165) is 29.3 Å². The third kappa shape index (κ3) is 3.25. The molecule has 0 N–H and O–H groups in total. The fourth-order valence-electron chi connectivity index (χ4n) is 4.39. The van der Waals surface area contributed by atoms with E-state index >= 15 is 0 Å². The first kappa shape index (κ1) is 19.1. The van der Waals surface area contributed by atoms with Crippen molar-refractivity contribution >= 4 is 29.1 Å². The molecule has 0 aliphatic carbocycles. The molecule has 3 aromatic rings. The molecule has 2 aliphatic heterocycles. The van der Waals surface area contributed by atoms with Crippen LogP contribution in [0.2, 0.25) is 0 Å². The second-order valence-corrected chi connectivity index (χ2v) is 9.18. The summed E-state index contributed by atoms with van der Waals surface area (Å²) in [5.74, 6) is 0.0827. The van der Waals surface area contributed by atoms with E-state index in [1.807, 2.05) is 23.1 Å². The van der Waals surface area contributed by atoms with Gasteiger partial charge in [-0.3, -0.25) is 9.79 Å². The number of amides is 1. The van der Waals surface area contributed by atoms with Crippen LogP contribution in [-0.2, 0) is 13.0 Å². The van der Waals surface area contributed by atoms with Gasteiger partial charge in [0.15, 0.2) is 0 Å². The summed E-state index contributed by atoms with van der Waals surface area (Å²) in [5, 5.41) is 0. The first-order valence-electron chi connectivity index (χ1n) is 10.3. The summed E-state index contributed by atoms with van der Waals surface area (Å²) in [6.45, 7) is 7.78. The van der Waals surface area contributed by atoms with Crippen LogP contribution in [0.5, 0.6) is 0 Å². The lowest BCUT2D eigenvalue weighted by atomic mass is 9.99. The van der Waals surface area contributed by atoms with Crippen molar-refractivity contribution in [2.45, 2.75) is 43.5 Å². The topological polar surface area (TPSA) is 32.7 Å². The average molecular weight is 413 g/mol. The van der Waals surface area contributed by atoms with Gasteiger partial charge in [-0.25, -0.2) is 0 Å². The van der Waals surface area contributed by atoms with E-state index < -0.39 is 0 Å². The summed E-state index contributed by atoms with van der Waals surface area (Å²) in [4.78, 5) is 22.5. The number of hydrogen-bond acceptors (Lipinski definition) is 3. The van der Waals surface area contributed by atoms with Crippen LogP contribution in [0.1, 0.15) is 45.1 Å². The fourth-order valence-corrected chi connectivity index (χ4v) is 5.59. The molecule has 0 spiro atoms. The van der Waals surface area contributed by atoms with Crippen LogP contribution in [-0.4, -0.2) is 23.1 Å². The molecule has 0 aromatic heterocycles. The molecule has 0 radical (unpaired) electrons. The van der Waals surface area contributed by atoms with Crippen molar-refractivity contribution in [3.8, 4) is 0 Å². The summed E-state index contributed by atoms with van der Waals surface area (Å²) in [7, 11) is 0. The molecule has 150 valence electrons. The van der Waals surface area contributed by atoms with Gasteiger partial charge in [0, 0.05) is 39.7 Å². The zero-order valence-corrected chi connectivity index (χ0v) is 18.3. The summed E-state index contributed by atoms with van der Waals surface area (Å²) < 4.78 is 0. The molecule has 0 saturated heterocycles. The number of carbonyl (C=O) groups excluding carboxylic acids is 1. The molecule has 2 aliphatic rings. The maximum absolute atomic E-state index is 13.3. The van der Waals surface area contributed by atoms with Gasteiger partial charge in [0.25, 0.3) is 5.91 Å². The molecule has 0 fully saturated rings. The quantitative estimate of drug-likeness (QED) is 0.483. The molecule has 3 aromatic carbocycles. The van der Waals surface area contributed by atoms with Crippen molar-refractivity contribution in [1.29, 1.82) is 0 Å². The number of benzene rings is 3. The largest absolute Gasteiger partial charge is 0.334 e. The Hall–Kier alpha value is -2.85. The lowest BCUT2D eigenvalue weighted by Crippen LogP contribution is -2.35. The van der Waals surface area contributed by atoms with Crippen LogP contribution in [0.4, 0.5) is 5.69 Å². The van der Waals surface area contributed by atoms with Gasteiger partial charge >= 0.3 is 0 Å². The lowest BCUT2D eigenvalue weighted by molar-refractivity contribution is 0.0734. The van der Waals surface area contributed by atoms with Crippen molar-refractivity contribution in [2.24, 2.45) is 4.99 Å². The molecular formula is C26H24N2OS. The molecule has 2 heterocycles. The molecule has 0 saturated carbocycles. The van der Waals surface area contributed by atoms with Crippen molar-refractivity contribution in [3.05, 3.63) is 88.0 Å². The Morgan fingerprint density at radius 1 is 0.967 bits per heavy atom. The second-order valence-electron chi connectivity index (χ2n) is 8.13. The van der Waals surface area contributed by atoms with Gasteiger partial charge < -0.3 is 4.90 Å². The molecular weight excluding hydrogens is 388 g/mol. The summed E-state index contributed by atoms with van der Waals surface area (Å²) in [6.07, 6.45) is 0.911. The van der Waals surface area contributed by atoms with Crippen LogP contribution in [0, 0.1) is 13.8 Å². The van der Waals surface area contributed by atoms with Crippen LogP contribution in [0.25, 0.3) is 0 Å². The molecule has 5 rings (SSSR count). The summed E-state index contributed by atoms with van der Waals surface area (Å²) in [6, 6.07) is 18.7. The lowest BCUT2D eigenvalue weighted by Gasteiger charge is -2.29. The van der Waals surface area contributed by atoms with Gasteiger partial charge in [-0.1, -0.05) is 48.2 Å². The van der Waals surface area contributed by atoms with E-state index in [4.69, 9.17) is 4.99 Å².